The maximum Gasteiger partial charge on any atom is 0.305 e. The Labute approximate surface area is 156 Å². The summed E-state index contributed by atoms with van der Waals surface area (Å²) < 4.78 is 5.00. The summed E-state index contributed by atoms with van der Waals surface area (Å²) in [5, 5.41) is 0. The normalized spacial score (nSPS) is 11.2. The van der Waals surface area contributed by atoms with Crippen LogP contribution in [0, 0.1) is 0 Å². The van der Waals surface area contributed by atoms with E-state index < -0.39 is 0 Å². The second-order valence-corrected chi connectivity index (χ2v) is 7.08. The van der Waals surface area contributed by atoms with Gasteiger partial charge in [0.25, 0.3) is 0 Å². The molecule has 0 spiro atoms. The van der Waals surface area contributed by atoms with Crippen molar-refractivity contribution in [2.45, 2.75) is 103 Å². The van der Waals surface area contributed by atoms with Crippen LogP contribution in [0.4, 0.5) is 0 Å². The van der Waals surface area contributed by atoms with Gasteiger partial charge in [-0.3, -0.25) is 4.79 Å². The number of allylic oxidation sites excluding steroid dienone is 2. The summed E-state index contributed by atoms with van der Waals surface area (Å²) in [5.74, 6) is 0.547. The maximum absolute atomic E-state index is 11.3. The molecule has 0 radical (unpaired) electrons. The van der Waals surface area contributed by atoms with Gasteiger partial charge in [0.15, 0.2) is 0 Å². The minimum atomic E-state index is -0.0655. The van der Waals surface area contributed by atoms with Gasteiger partial charge in [0.2, 0.25) is 0 Å². The first kappa shape index (κ1) is 23.6. The summed E-state index contributed by atoms with van der Waals surface area (Å²) in [6.45, 7) is 2.69. The van der Waals surface area contributed by atoms with Gasteiger partial charge in [-0.1, -0.05) is 83.3 Å². The van der Waals surface area contributed by atoms with Gasteiger partial charge in [-0.15, -0.1) is 0 Å². The van der Waals surface area contributed by atoms with Gasteiger partial charge in [-0.05, 0) is 25.7 Å². The molecule has 0 N–H and O–H groups in total. The minimum Gasteiger partial charge on any atom is -0.465 e. The number of ether oxygens (including phenoxy) is 1. The highest BCUT2D eigenvalue weighted by molar-refractivity contribution is 7.80. The lowest BCUT2D eigenvalue weighted by molar-refractivity contribution is -0.143. The van der Waals surface area contributed by atoms with Crippen molar-refractivity contribution < 1.29 is 9.53 Å². The highest BCUT2D eigenvalue weighted by Gasteiger charge is 2.01. The van der Waals surface area contributed by atoms with Gasteiger partial charge in [0.1, 0.15) is 6.61 Å². The van der Waals surface area contributed by atoms with Crippen molar-refractivity contribution in [1.82, 2.24) is 0 Å². The summed E-state index contributed by atoms with van der Waals surface area (Å²) in [5.41, 5.74) is 0. The molecule has 0 heterocycles. The molecule has 0 aromatic rings. The number of carbonyl (C=O) groups is 1. The van der Waals surface area contributed by atoms with Crippen LogP contribution in [0.5, 0.6) is 0 Å². The molecule has 2 nitrogen and oxygen atoms in total. The monoisotopic (exact) mass is 356 g/mol. The van der Waals surface area contributed by atoms with Crippen LogP contribution in [0.25, 0.3) is 0 Å². The van der Waals surface area contributed by atoms with Crippen LogP contribution in [0.15, 0.2) is 12.2 Å². The summed E-state index contributed by atoms with van der Waals surface area (Å²) in [7, 11) is 0. The standard InChI is InChI=1S/C21H40O2S/c1-2-3-4-5-6-7-8-9-10-11-12-13-14-15-16-17-18-21(22)23-19-20-24/h5-6,24H,2-4,7-20H2,1H3/b6-5+. The smallest absolute Gasteiger partial charge is 0.305 e. The van der Waals surface area contributed by atoms with E-state index in [1.807, 2.05) is 0 Å². The lowest BCUT2D eigenvalue weighted by Crippen LogP contribution is -2.06. The topological polar surface area (TPSA) is 26.3 Å². The molecular weight excluding hydrogens is 316 g/mol. The van der Waals surface area contributed by atoms with Gasteiger partial charge < -0.3 is 4.74 Å². The van der Waals surface area contributed by atoms with Crippen molar-refractivity contribution in [2.24, 2.45) is 0 Å². The fourth-order valence-corrected chi connectivity index (χ4v) is 2.83. The van der Waals surface area contributed by atoms with Crippen LogP contribution < -0.4 is 0 Å². The minimum absolute atomic E-state index is 0.0655. The van der Waals surface area contributed by atoms with E-state index in [2.05, 4.69) is 31.7 Å². The molecule has 0 atom stereocenters. The van der Waals surface area contributed by atoms with Crippen molar-refractivity contribution in [3.05, 3.63) is 12.2 Å². The van der Waals surface area contributed by atoms with Crippen LogP contribution in [0.1, 0.15) is 103 Å². The largest absolute Gasteiger partial charge is 0.465 e. The third-order valence-corrected chi connectivity index (χ3v) is 4.43. The van der Waals surface area contributed by atoms with E-state index in [-0.39, 0.29) is 5.97 Å². The summed E-state index contributed by atoms with van der Waals surface area (Å²) in [6, 6.07) is 0. The number of carbonyl (C=O) groups excluding carboxylic acids is 1. The van der Waals surface area contributed by atoms with E-state index >= 15 is 0 Å². The molecule has 0 aromatic carbocycles. The van der Waals surface area contributed by atoms with Gasteiger partial charge in [-0.2, -0.15) is 12.6 Å². The van der Waals surface area contributed by atoms with Gasteiger partial charge >= 0.3 is 5.97 Å². The maximum atomic E-state index is 11.3. The Morgan fingerprint density at radius 2 is 1.29 bits per heavy atom. The SMILES string of the molecule is CCCC/C=C/CCCCCCCCCCCCC(=O)OCCS. The lowest BCUT2D eigenvalue weighted by atomic mass is 10.0. The second-order valence-electron chi connectivity index (χ2n) is 6.63. The molecule has 3 heteroatoms. The first-order valence-electron chi connectivity index (χ1n) is 10.2. The van der Waals surface area contributed by atoms with E-state index in [1.54, 1.807) is 0 Å². The Morgan fingerprint density at radius 3 is 1.83 bits per heavy atom. The summed E-state index contributed by atoms with van der Waals surface area (Å²) in [6.07, 6.45) is 23.3. The highest BCUT2D eigenvalue weighted by Crippen LogP contribution is 2.12. The molecule has 0 unspecified atom stereocenters. The van der Waals surface area contributed by atoms with E-state index in [0.29, 0.717) is 18.8 Å². The zero-order chi connectivity index (χ0) is 17.7. The molecule has 0 aromatic heterocycles. The molecule has 0 rings (SSSR count). The zero-order valence-electron chi connectivity index (χ0n) is 15.9. The molecule has 24 heavy (non-hydrogen) atoms. The number of thiol groups is 1. The van der Waals surface area contributed by atoms with Crippen molar-refractivity contribution in [2.75, 3.05) is 12.4 Å². The van der Waals surface area contributed by atoms with Gasteiger partial charge in [0.05, 0.1) is 0 Å². The molecule has 0 fully saturated rings. The first-order valence-corrected chi connectivity index (χ1v) is 10.9. The summed E-state index contributed by atoms with van der Waals surface area (Å²) >= 11 is 4.02. The zero-order valence-corrected chi connectivity index (χ0v) is 16.8. The van der Waals surface area contributed by atoms with Crippen LogP contribution in [-0.2, 0) is 9.53 Å². The Bertz CT molecular complexity index is 290. The third kappa shape index (κ3) is 19.6. The molecular formula is C21H40O2S. The fourth-order valence-electron chi connectivity index (χ4n) is 2.74. The highest BCUT2D eigenvalue weighted by atomic mass is 32.1. The van der Waals surface area contributed by atoms with Crippen LogP contribution in [0.2, 0.25) is 0 Å². The molecule has 0 aliphatic heterocycles. The Hall–Kier alpha value is -0.440. The molecule has 142 valence electrons. The molecule has 0 saturated carbocycles. The number of hydrogen-bond acceptors (Lipinski definition) is 3. The van der Waals surface area contributed by atoms with E-state index in [0.717, 1.165) is 12.8 Å². The van der Waals surface area contributed by atoms with Crippen molar-refractivity contribution in [3.63, 3.8) is 0 Å². The molecule has 0 amide bonds. The van der Waals surface area contributed by atoms with Crippen LogP contribution >= 0.6 is 12.6 Å². The van der Waals surface area contributed by atoms with E-state index in [4.69, 9.17) is 4.74 Å². The Balaban J connectivity index is 3.10. The molecule has 0 bridgehead atoms. The number of esters is 1. The van der Waals surface area contributed by atoms with Gasteiger partial charge in [-0.25, -0.2) is 0 Å². The number of unbranched alkanes of at least 4 members (excludes halogenated alkanes) is 12. The Kier molecular flexibility index (Phi) is 20.2. The lowest BCUT2D eigenvalue weighted by Gasteiger charge is -2.03. The molecule has 0 saturated heterocycles. The third-order valence-electron chi connectivity index (χ3n) is 4.25. The predicted octanol–water partition coefficient (Wildman–Crippen LogP) is 6.89. The average molecular weight is 357 g/mol. The van der Waals surface area contributed by atoms with Crippen LogP contribution in [-0.4, -0.2) is 18.3 Å². The van der Waals surface area contributed by atoms with Crippen LogP contribution in [0.3, 0.4) is 0 Å². The van der Waals surface area contributed by atoms with Crippen molar-refractivity contribution >= 4 is 18.6 Å². The molecule has 0 aliphatic carbocycles. The average Bonchev–Trinajstić information content (AvgIpc) is 2.59. The Morgan fingerprint density at radius 1 is 0.792 bits per heavy atom. The van der Waals surface area contributed by atoms with Crippen molar-refractivity contribution in [1.29, 1.82) is 0 Å². The van der Waals surface area contributed by atoms with Gasteiger partial charge in [0, 0.05) is 12.2 Å². The number of hydrogen-bond donors (Lipinski definition) is 1. The summed E-state index contributed by atoms with van der Waals surface area (Å²) in [4.78, 5) is 11.3. The molecule has 0 aliphatic rings. The number of rotatable bonds is 18. The van der Waals surface area contributed by atoms with E-state index in [9.17, 15) is 4.79 Å². The van der Waals surface area contributed by atoms with Crippen molar-refractivity contribution in [3.8, 4) is 0 Å². The quantitative estimate of drug-likeness (QED) is 0.125. The van der Waals surface area contributed by atoms with E-state index in [1.165, 1.54) is 77.0 Å². The fraction of sp³-hybridized carbons (Fsp3) is 0.857. The predicted molar refractivity (Wildman–Crippen MR) is 109 cm³/mol. The first-order chi connectivity index (χ1) is 11.8. The second kappa shape index (κ2) is 20.6.